The first-order chi connectivity index (χ1) is 8.95. The fourth-order valence-corrected chi connectivity index (χ4v) is 2.10. The molecule has 0 saturated carbocycles. The Morgan fingerprint density at radius 2 is 1.74 bits per heavy atom. The van der Waals surface area contributed by atoms with E-state index in [-0.39, 0.29) is 11.8 Å². The predicted octanol–water partition coefficient (Wildman–Crippen LogP) is 4.94. The SMILES string of the molecule is CC(N)c1ccc(Oc2cc(Cl)cc(Cl)c2)c(F)c1. The Kier molecular flexibility index (Phi) is 4.30. The summed E-state index contributed by atoms with van der Waals surface area (Å²) in [6, 6.07) is 9.07. The fraction of sp³-hybridized carbons (Fsp3) is 0.143. The predicted molar refractivity (Wildman–Crippen MR) is 75.5 cm³/mol. The van der Waals surface area contributed by atoms with Gasteiger partial charge in [-0.3, -0.25) is 0 Å². The van der Waals surface area contributed by atoms with E-state index in [4.69, 9.17) is 33.7 Å². The van der Waals surface area contributed by atoms with Crippen molar-refractivity contribution in [2.45, 2.75) is 13.0 Å². The molecule has 0 aliphatic rings. The molecule has 1 atom stereocenters. The van der Waals surface area contributed by atoms with E-state index in [1.54, 1.807) is 31.2 Å². The highest BCUT2D eigenvalue weighted by Gasteiger charge is 2.09. The Bertz CT molecular complexity index is 582. The molecule has 19 heavy (non-hydrogen) atoms. The lowest BCUT2D eigenvalue weighted by molar-refractivity contribution is 0.441. The second kappa shape index (κ2) is 5.78. The van der Waals surface area contributed by atoms with Gasteiger partial charge in [-0.1, -0.05) is 29.3 Å². The largest absolute Gasteiger partial charge is 0.454 e. The van der Waals surface area contributed by atoms with Crippen LogP contribution in [0.3, 0.4) is 0 Å². The first-order valence-electron chi connectivity index (χ1n) is 5.64. The zero-order chi connectivity index (χ0) is 14.0. The van der Waals surface area contributed by atoms with Gasteiger partial charge in [-0.05, 0) is 42.8 Å². The first-order valence-corrected chi connectivity index (χ1v) is 6.40. The van der Waals surface area contributed by atoms with Crippen molar-refractivity contribution in [2.24, 2.45) is 5.73 Å². The van der Waals surface area contributed by atoms with Gasteiger partial charge in [-0.15, -0.1) is 0 Å². The molecule has 0 bridgehead atoms. The number of ether oxygens (including phenoxy) is 1. The maximum absolute atomic E-state index is 13.9. The summed E-state index contributed by atoms with van der Waals surface area (Å²) in [5, 5.41) is 0.852. The topological polar surface area (TPSA) is 35.2 Å². The molecule has 0 aliphatic carbocycles. The van der Waals surface area contributed by atoms with Gasteiger partial charge >= 0.3 is 0 Å². The molecule has 0 heterocycles. The zero-order valence-corrected chi connectivity index (χ0v) is 11.7. The van der Waals surface area contributed by atoms with E-state index in [0.29, 0.717) is 21.4 Å². The van der Waals surface area contributed by atoms with Gasteiger partial charge in [0.15, 0.2) is 11.6 Å². The summed E-state index contributed by atoms with van der Waals surface area (Å²) in [6.07, 6.45) is 0. The molecule has 100 valence electrons. The van der Waals surface area contributed by atoms with Crippen LogP contribution in [0, 0.1) is 5.82 Å². The number of hydrogen-bond acceptors (Lipinski definition) is 2. The van der Waals surface area contributed by atoms with Crippen molar-refractivity contribution in [1.82, 2.24) is 0 Å². The van der Waals surface area contributed by atoms with Crippen LogP contribution in [0.25, 0.3) is 0 Å². The summed E-state index contributed by atoms with van der Waals surface area (Å²) in [5.74, 6) is -0.00132. The molecular weight excluding hydrogens is 288 g/mol. The van der Waals surface area contributed by atoms with Crippen LogP contribution in [-0.4, -0.2) is 0 Å². The van der Waals surface area contributed by atoms with Gasteiger partial charge < -0.3 is 10.5 Å². The maximum atomic E-state index is 13.9. The van der Waals surface area contributed by atoms with Crippen molar-refractivity contribution in [3.8, 4) is 11.5 Å². The van der Waals surface area contributed by atoms with E-state index < -0.39 is 5.82 Å². The van der Waals surface area contributed by atoms with Crippen LogP contribution < -0.4 is 10.5 Å². The fourth-order valence-electron chi connectivity index (χ4n) is 1.60. The molecule has 0 saturated heterocycles. The normalized spacial score (nSPS) is 12.3. The Morgan fingerprint density at radius 1 is 1.11 bits per heavy atom. The molecule has 0 amide bonds. The molecule has 0 aliphatic heterocycles. The van der Waals surface area contributed by atoms with Gasteiger partial charge in [0.1, 0.15) is 5.75 Å². The molecule has 2 N–H and O–H groups in total. The van der Waals surface area contributed by atoms with Crippen LogP contribution in [0.5, 0.6) is 11.5 Å². The summed E-state index contributed by atoms with van der Waals surface area (Å²) in [5.41, 5.74) is 6.39. The Morgan fingerprint density at radius 3 is 2.26 bits per heavy atom. The molecule has 2 aromatic carbocycles. The smallest absolute Gasteiger partial charge is 0.166 e. The molecular formula is C14H12Cl2FNO. The third kappa shape index (κ3) is 3.60. The van der Waals surface area contributed by atoms with Gasteiger partial charge in [-0.25, -0.2) is 4.39 Å². The summed E-state index contributed by atoms with van der Waals surface area (Å²) in [7, 11) is 0. The molecule has 2 aromatic rings. The lowest BCUT2D eigenvalue weighted by atomic mass is 10.1. The molecule has 0 spiro atoms. The number of benzene rings is 2. The minimum atomic E-state index is -0.481. The number of halogens is 3. The molecule has 5 heteroatoms. The van der Waals surface area contributed by atoms with Gasteiger partial charge in [0.05, 0.1) is 0 Å². The van der Waals surface area contributed by atoms with Crippen LogP contribution in [0.1, 0.15) is 18.5 Å². The Labute approximate surface area is 120 Å². The molecule has 0 aromatic heterocycles. The van der Waals surface area contributed by atoms with Crippen molar-refractivity contribution >= 4 is 23.2 Å². The van der Waals surface area contributed by atoms with Crippen molar-refractivity contribution < 1.29 is 9.13 Å². The Hall–Kier alpha value is -1.29. The third-order valence-corrected chi connectivity index (χ3v) is 2.98. The quantitative estimate of drug-likeness (QED) is 0.871. The van der Waals surface area contributed by atoms with E-state index in [1.807, 2.05) is 0 Å². The third-order valence-electron chi connectivity index (χ3n) is 2.55. The average Bonchev–Trinajstić information content (AvgIpc) is 2.30. The monoisotopic (exact) mass is 299 g/mol. The Balaban J connectivity index is 2.28. The summed E-state index contributed by atoms with van der Waals surface area (Å²) >= 11 is 11.7. The average molecular weight is 300 g/mol. The molecule has 2 rings (SSSR count). The van der Waals surface area contributed by atoms with E-state index in [9.17, 15) is 4.39 Å². The van der Waals surface area contributed by atoms with Crippen LogP contribution in [-0.2, 0) is 0 Å². The van der Waals surface area contributed by atoms with Gasteiger partial charge in [0.2, 0.25) is 0 Å². The molecule has 1 unspecified atom stereocenters. The van der Waals surface area contributed by atoms with Crippen molar-refractivity contribution in [1.29, 1.82) is 0 Å². The van der Waals surface area contributed by atoms with Crippen molar-refractivity contribution in [3.63, 3.8) is 0 Å². The summed E-state index contributed by atoms with van der Waals surface area (Å²) < 4.78 is 19.3. The van der Waals surface area contributed by atoms with Crippen LogP contribution in [0.15, 0.2) is 36.4 Å². The molecule has 0 fully saturated rings. The number of hydrogen-bond donors (Lipinski definition) is 1. The maximum Gasteiger partial charge on any atom is 0.166 e. The zero-order valence-electron chi connectivity index (χ0n) is 10.2. The van der Waals surface area contributed by atoms with E-state index in [1.165, 1.54) is 12.1 Å². The van der Waals surface area contributed by atoms with Crippen molar-refractivity contribution in [3.05, 3.63) is 57.8 Å². The second-order valence-corrected chi connectivity index (χ2v) is 5.06. The van der Waals surface area contributed by atoms with Crippen LogP contribution >= 0.6 is 23.2 Å². The second-order valence-electron chi connectivity index (χ2n) is 4.19. The van der Waals surface area contributed by atoms with E-state index >= 15 is 0 Å². The molecule has 0 radical (unpaired) electrons. The molecule has 2 nitrogen and oxygen atoms in total. The first kappa shape index (κ1) is 14.1. The lowest BCUT2D eigenvalue weighted by Crippen LogP contribution is -2.05. The minimum absolute atomic E-state index is 0.0998. The summed E-state index contributed by atoms with van der Waals surface area (Å²) in [6.45, 7) is 1.78. The van der Waals surface area contributed by atoms with E-state index in [0.717, 1.165) is 0 Å². The van der Waals surface area contributed by atoms with Gasteiger partial charge in [-0.2, -0.15) is 0 Å². The standard InChI is InChI=1S/C14H12Cl2FNO/c1-8(18)9-2-3-14(13(17)4-9)19-12-6-10(15)5-11(16)7-12/h2-8H,18H2,1H3. The highest BCUT2D eigenvalue weighted by molar-refractivity contribution is 6.34. The highest BCUT2D eigenvalue weighted by Crippen LogP contribution is 2.30. The van der Waals surface area contributed by atoms with Gasteiger partial charge in [0.25, 0.3) is 0 Å². The van der Waals surface area contributed by atoms with E-state index in [2.05, 4.69) is 0 Å². The van der Waals surface area contributed by atoms with Crippen LogP contribution in [0.4, 0.5) is 4.39 Å². The highest BCUT2D eigenvalue weighted by atomic mass is 35.5. The minimum Gasteiger partial charge on any atom is -0.454 e. The van der Waals surface area contributed by atoms with Crippen molar-refractivity contribution in [2.75, 3.05) is 0 Å². The lowest BCUT2D eigenvalue weighted by Gasteiger charge is -2.10. The number of nitrogens with two attached hydrogens (primary N) is 1. The summed E-state index contributed by atoms with van der Waals surface area (Å²) in [4.78, 5) is 0. The van der Waals surface area contributed by atoms with Gasteiger partial charge in [0, 0.05) is 16.1 Å². The van der Waals surface area contributed by atoms with Crippen LogP contribution in [0.2, 0.25) is 10.0 Å². The number of rotatable bonds is 3.